The Hall–Kier alpha value is -0.761. The maximum Gasteiger partial charge on any atom is 0.126 e. The number of benzene rings is 1. The monoisotopic (exact) mass is 205 g/mol. The molecule has 3 N–H and O–H groups in total. The average Bonchev–Trinajstić information content (AvgIpc) is 2.05. The molecular formula is C9H11FeNO. The van der Waals surface area contributed by atoms with Gasteiger partial charge in [0.2, 0.25) is 0 Å². The van der Waals surface area contributed by atoms with E-state index >= 15 is 0 Å². The Kier molecular flexibility index (Phi) is 4.67. The molecule has 0 unspecified atom stereocenters. The van der Waals surface area contributed by atoms with Gasteiger partial charge in [0.15, 0.2) is 0 Å². The molecule has 12 heavy (non-hydrogen) atoms. The summed E-state index contributed by atoms with van der Waals surface area (Å²) in [5, 5.41) is 0. The van der Waals surface area contributed by atoms with Crippen molar-refractivity contribution in [3.8, 4) is 5.75 Å². The van der Waals surface area contributed by atoms with E-state index in [1.165, 1.54) is 5.56 Å². The number of hydrogen-bond donors (Lipinski definition) is 1. The van der Waals surface area contributed by atoms with E-state index in [1.54, 1.807) is 0 Å². The van der Waals surface area contributed by atoms with E-state index in [1.807, 2.05) is 30.3 Å². The van der Waals surface area contributed by atoms with Crippen LogP contribution in [0.25, 0.3) is 6.08 Å². The summed E-state index contributed by atoms with van der Waals surface area (Å²) in [4.78, 5) is 0. The van der Waals surface area contributed by atoms with Crippen LogP contribution in [0.3, 0.4) is 0 Å². The standard InChI is InChI=1S/C9H8O.Fe.H3N/c1-2-6-9-8(4-1)5-3-7-10-9;;/h1-6H,7H2;;1H3. The van der Waals surface area contributed by atoms with Crippen molar-refractivity contribution in [2.75, 3.05) is 6.61 Å². The van der Waals surface area contributed by atoms with Crippen LogP contribution in [-0.2, 0) is 17.1 Å². The van der Waals surface area contributed by atoms with Crippen molar-refractivity contribution in [2.24, 2.45) is 0 Å². The summed E-state index contributed by atoms with van der Waals surface area (Å²) in [5.41, 5.74) is 1.17. The normalized spacial score (nSPS) is 11.7. The molecule has 0 saturated carbocycles. The molecule has 1 aromatic rings. The largest absolute Gasteiger partial charge is 0.489 e. The first kappa shape index (κ1) is 11.2. The molecule has 1 aliphatic heterocycles. The minimum Gasteiger partial charge on any atom is -0.489 e. The number of rotatable bonds is 0. The molecule has 0 aliphatic carbocycles. The van der Waals surface area contributed by atoms with Gasteiger partial charge in [0, 0.05) is 22.6 Å². The third-order valence-electron chi connectivity index (χ3n) is 1.55. The van der Waals surface area contributed by atoms with Crippen LogP contribution in [0.15, 0.2) is 30.3 Å². The van der Waals surface area contributed by atoms with E-state index in [-0.39, 0.29) is 23.2 Å². The van der Waals surface area contributed by atoms with Crippen molar-refractivity contribution in [3.63, 3.8) is 0 Å². The minimum atomic E-state index is 0. The van der Waals surface area contributed by atoms with Crippen LogP contribution in [0.1, 0.15) is 5.56 Å². The summed E-state index contributed by atoms with van der Waals surface area (Å²) in [6.07, 6.45) is 4.10. The Bertz CT molecular complexity index is 273. The zero-order valence-electron chi connectivity index (χ0n) is 6.64. The van der Waals surface area contributed by atoms with E-state index in [4.69, 9.17) is 4.74 Å². The zero-order chi connectivity index (χ0) is 6.81. The van der Waals surface area contributed by atoms with Gasteiger partial charge in [-0.3, -0.25) is 0 Å². The Balaban J connectivity index is 0.000000605. The van der Waals surface area contributed by atoms with Gasteiger partial charge in [-0.1, -0.05) is 24.3 Å². The summed E-state index contributed by atoms with van der Waals surface area (Å²) in [7, 11) is 0. The van der Waals surface area contributed by atoms with Crippen LogP contribution in [0.2, 0.25) is 0 Å². The number of ether oxygens (including phenoxy) is 1. The van der Waals surface area contributed by atoms with E-state index in [2.05, 4.69) is 6.08 Å². The van der Waals surface area contributed by atoms with Gasteiger partial charge in [0.25, 0.3) is 0 Å². The topological polar surface area (TPSA) is 44.2 Å². The molecule has 1 aliphatic rings. The molecule has 0 saturated heterocycles. The van der Waals surface area contributed by atoms with Crippen molar-refractivity contribution in [2.45, 2.75) is 0 Å². The molecule has 2 rings (SSSR count). The van der Waals surface area contributed by atoms with Crippen molar-refractivity contribution in [1.82, 2.24) is 6.15 Å². The van der Waals surface area contributed by atoms with E-state index in [0.29, 0.717) is 6.61 Å². The Morgan fingerprint density at radius 3 is 2.67 bits per heavy atom. The molecule has 3 heteroatoms. The first-order valence-corrected chi connectivity index (χ1v) is 3.35. The van der Waals surface area contributed by atoms with Crippen LogP contribution >= 0.6 is 0 Å². The summed E-state index contributed by atoms with van der Waals surface area (Å²) in [5.74, 6) is 0.991. The second-order valence-electron chi connectivity index (χ2n) is 2.25. The molecule has 0 amide bonds. The number of fused-ring (bicyclic) bond motifs is 1. The first-order chi connectivity index (χ1) is 4.97. The van der Waals surface area contributed by atoms with E-state index in [9.17, 15) is 0 Å². The first-order valence-electron chi connectivity index (χ1n) is 3.35. The molecule has 0 radical (unpaired) electrons. The quantitative estimate of drug-likeness (QED) is 0.660. The van der Waals surface area contributed by atoms with Crippen LogP contribution < -0.4 is 10.9 Å². The zero-order valence-corrected chi connectivity index (χ0v) is 7.74. The molecule has 2 nitrogen and oxygen atoms in total. The third-order valence-corrected chi connectivity index (χ3v) is 1.55. The Labute approximate surface area is 82.7 Å². The van der Waals surface area contributed by atoms with Gasteiger partial charge < -0.3 is 10.9 Å². The summed E-state index contributed by atoms with van der Waals surface area (Å²) < 4.78 is 5.34. The van der Waals surface area contributed by atoms with Gasteiger partial charge in [-0.15, -0.1) is 0 Å². The molecule has 0 fully saturated rings. The molecule has 0 atom stereocenters. The minimum absolute atomic E-state index is 0. The molecule has 0 aromatic heterocycles. The predicted octanol–water partition coefficient (Wildman–Crippen LogP) is 2.25. The second-order valence-corrected chi connectivity index (χ2v) is 2.25. The van der Waals surface area contributed by atoms with E-state index < -0.39 is 0 Å². The van der Waals surface area contributed by atoms with Crippen LogP contribution in [-0.4, -0.2) is 6.61 Å². The number of hydrogen-bond acceptors (Lipinski definition) is 2. The third kappa shape index (κ3) is 2.11. The molecule has 1 heterocycles. The van der Waals surface area contributed by atoms with Gasteiger partial charge in [-0.25, -0.2) is 0 Å². The van der Waals surface area contributed by atoms with E-state index in [0.717, 1.165) is 5.75 Å². The average molecular weight is 205 g/mol. The fourth-order valence-corrected chi connectivity index (χ4v) is 1.06. The van der Waals surface area contributed by atoms with Gasteiger partial charge in [-0.2, -0.15) is 0 Å². The molecule has 0 spiro atoms. The van der Waals surface area contributed by atoms with Gasteiger partial charge in [0.05, 0.1) is 0 Å². The fraction of sp³-hybridized carbons (Fsp3) is 0.111. The Morgan fingerprint density at radius 1 is 1.17 bits per heavy atom. The number of para-hydroxylation sites is 1. The van der Waals surface area contributed by atoms with Crippen molar-refractivity contribution < 1.29 is 21.8 Å². The molecular weight excluding hydrogens is 194 g/mol. The maximum absolute atomic E-state index is 5.34. The van der Waals surface area contributed by atoms with Gasteiger partial charge in [0.1, 0.15) is 12.4 Å². The summed E-state index contributed by atoms with van der Waals surface area (Å²) in [6.45, 7) is 0.705. The van der Waals surface area contributed by atoms with Crippen molar-refractivity contribution in [1.29, 1.82) is 0 Å². The molecule has 0 bridgehead atoms. The fourth-order valence-electron chi connectivity index (χ4n) is 1.06. The molecule has 66 valence electrons. The smallest absolute Gasteiger partial charge is 0.126 e. The Morgan fingerprint density at radius 2 is 1.92 bits per heavy atom. The SMILES string of the molecule is C1=Cc2ccccc2OC1.N.[Fe]. The van der Waals surface area contributed by atoms with Crippen molar-refractivity contribution in [3.05, 3.63) is 35.9 Å². The van der Waals surface area contributed by atoms with Crippen molar-refractivity contribution >= 4 is 6.08 Å². The predicted molar refractivity (Wildman–Crippen MR) is 46.0 cm³/mol. The van der Waals surface area contributed by atoms with Crippen LogP contribution in [0.4, 0.5) is 0 Å². The van der Waals surface area contributed by atoms with Crippen LogP contribution in [0.5, 0.6) is 5.75 Å². The maximum atomic E-state index is 5.34. The van der Waals surface area contributed by atoms with Gasteiger partial charge in [-0.05, 0) is 12.1 Å². The second kappa shape index (κ2) is 4.99. The van der Waals surface area contributed by atoms with Crippen LogP contribution in [0, 0.1) is 0 Å². The summed E-state index contributed by atoms with van der Waals surface area (Å²) in [6, 6.07) is 8.03. The summed E-state index contributed by atoms with van der Waals surface area (Å²) >= 11 is 0. The molecule has 1 aromatic carbocycles. The van der Waals surface area contributed by atoms with Gasteiger partial charge >= 0.3 is 0 Å².